The molecule has 0 aromatic carbocycles. The Morgan fingerprint density at radius 2 is 2.27 bits per heavy atom. The highest BCUT2D eigenvalue weighted by atomic mass is 32.2. The van der Waals surface area contributed by atoms with E-state index in [0.29, 0.717) is 0 Å². The van der Waals surface area contributed by atoms with Crippen LogP contribution in [0.5, 0.6) is 0 Å². The summed E-state index contributed by atoms with van der Waals surface area (Å²) in [6, 6.07) is 5.97. The maximum Gasteiger partial charge on any atom is 0.240 e. The molecule has 0 aliphatic rings. The van der Waals surface area contributed by atoms with Gasteiger partial charge in [0.05, 0.1) is 0 Å². The van der Waals surface area contributed by atoms with Gasteiger partial charge in [0.2, 0.25) is 11.1 Å². The predicted molar refractivity (Wildman–Crippen MR) is 36.0 cm³/mol. The second-order valence-corrected chi connectivity index (χ2v) is 2.60. The molecule has 0 fully saturated rings. The normalized spacial score (nSPS) is 12.0. The zero-order valence-corrected chi connectivity index (χ0v) is 6.17. The molecular formula is C6H3N2O2S. The molecule has 0 saturated carbocycles. The predicted octanol–water partition coefficient (Wildman–Crippen LogP) is 0.406. The molecule has 1 aromatic heterocycles. The Labute approximate surface area is 65.8 Å². The number of nitrogens with zero attached hydrogens (tertiary/aromatic N) is 2. The molecule has 0 amide bonds. The third kappa shape index (κ3) is 1.83. The summed E-state index contributed by atoms with van der Waals surface area (Å²) in [4.78, 5) is 3.52. The molecule has 0 N–H and O–H groups in total. The van der Waals surface area contributed by atoms with Crippen LogP contribution in [-0.4, -0.2) is 9.19 Å². The van der Waals surface area contributed by atoms with Crippen LogP contribution < -0.4 is 0 Å². The van der Waals surface area contributed by atoms with Gasteiger partial charge >= 0.3 is 0 Å². The van der Waals surface area contributed by atoms with Crippen LogP contribution in [-0.2, 0) is 15.6 Å². The quantitative estimate of drug-likeness (QED) is 0.607. The first-order valence-electron chi connectivity index (χ1n) is 2.70. The molecule has 1 radical (unpaired) electrons. The summed E-state index contributed by atoms with van der Waals surface area (Å²) in [5.74, 6) is 0. The Morgan fingerprint density at radius 1 is 1.55 bits per heavy atom. The summed E-state index contributed by atoms with van der Waals surface area (Å²) >= 11 is -2.35. The van der Waals surface area contributed by atoms with Crippen molar-refractivity contribution < 1.29 is 8.76 Å². The number of aromatic nitrogens is 1. The molecule has 11 heavy (non-hydrogen) atoms. The largest absolute Gasteiger partial charge is 0.240 e. The lowest BCUT2D eigenvalue weighted by molar-refractivity contribution is 0.470. The first kappa shape index (κ1) is 7.85. The van der Waals surface area contributed by atoms with E-state index in [9.17, 15) is 8.76 Å². The molecule has 55 valence electrons. The van der Waals surface area contributed by atoms with Gasteiger partial charge in [-0.25, -0.2) is 9.19 Å². The van der Waals surface area contributed by atoms with Gasteiger partial charge in [-0.05, 0) is 12.1 Å². The van der Waals surface area contributed by atoms with Crippen LogP contribution in [0.2, 0.25) is 0 Å². The summed E-state index contributed by atoms with van der Waals surface area (Å²) in [7, 11) is 0. The Kier molecular flexibility index (Phi) is 2.31. The van der Waals surface area contributed by atoms with Gasteiger partial charge in [0.15, 0.2) is 5.03 Å². The Balaban J connectivity index is 3.13. The summed E-state index contributed by atoms with van der Waals surface area (Å²) in [6.07, 6.45) is 0. The minimum atomic E-state index is -2.35. The monoisotopic (exact) mass is 167 g/mol. The van der Waals surface area contributed by atoms with E-state index >= 15 is 0 Å². The van der Waals surface area contributed by atoms with Crippen molar-refractivity contribution in [2.75, 3.05) is 0 Å². The maximum atomic E-state index is 10.3. The van der Waals surface area contributed by atoms with Crippen molar-refractivity contribution >= 4 is 11.1 Å². The highest BCUT2D eigenvalue weighted by Gasteiger charge is 2.02. The van der Waals surface area contributed by atoms with E-state index in [1.54, 1.807) is 6.07 Å². The van der Waals surface area contributed by atoms with Crippen LogP contribution in [0.4, 0.5) is 0 Å². The molecule has 4 nitrogen and oxygen atoms in total. The summed E-state index contributed by atoms with van der Waals surface area (Å²) < 4.78 is 20.6. The highest BCUT2D eigenvalue weighted by Crippen LogP contribution is 2.01. The second kappa shape index (κ2) is 3.23. The lowest BCUT2D eigenvalue weighted by Crippen LogP contribution is -1.92. The van der Waals surface area contributed by atoms with Crippen LogP contribution in [0.1, 0.15) is 5.69 Å². The second-order valence-electron chi connectivity index (χ2n) is 1.71. The highest BCUT2D eigenvalue weighted by molar-refractivity contribution is 7.78. The summed E-state index contributed by atoms with van der Waals surface area (Å²) in [5.41, 5.74) is 0.103. The Morgan fingerprint density at radius 3 is 2.82 bits per heavy atom. The molecule has 1 aromatic rings. The standard InChI is InChI=1S/C6H3N2O2S/c7-4-5-2-1-3-6(8-5)11(9)10/h1-3H. The number of hydrogen-bond acceptors (Lipinski definition) is 3. The number of hydrogen-bond donors (Lipinski definition) is 0. The molecule has 0 bridgehead atoms. The molecule has 0 aliphatic heterocycles. The van der Waals surface area contributed by atoms with Crippen LogP contribution in [0, 0.1) is 11.3 Å². The minimum absolute atomic E-state index is 0.103. The van der Waals surface area contributed by atoms with Gasteiger partial charge < -0.3 is 0 Å². The van der Waals surface area contributed by atoms with Crippen molar-refractivity contribution in [1.29, 1.82) is 5.26 Å². The van der Waals surface area contributed by atoms with Gasteiger partial charge in [0, 0.05) is 0 Å². The lowest BCUT2D eigenvalue weighted by Gasteiger charge is -1.90. The molecule has 1 unspecified atom stereocenters. The van der Waals surface area contributed by atoms with Crippen molar-refractivity contribution in [2.24, 2.45) is 0 Å². The lowest BCUT2D eigenvalue weighted by atomic mass is 10.4. The van der Waals surface area contributed by atoms with Gasteiger partial charge in [0.25, 0.3) is 0 Å². The fraction of sp³-hybridized carbons (Fsp3) is 0. The third-order valence-corrected chi connectivity index (χ3v) is 1.58. The molecule has 1 rings (SSSR count). The number of pyridine rings is 1. The van der Waals surface area contributed by atoms with Crippen molar-refractivity contribution in [3.8, 4) is 6.07 Å². The smallest absolute Gasteiger partial charge is 0.226 e. The topological polar surface area (TPSA) is 73.7 Å². The van der Waals surface area contributed by atoms with Gasteiger partial charge in [-0.2, -0.15) is 5.26 Å². The Hall–Kier alpha value is -1.25. The third-order valence-electron chi connectivity index (χ3n) is 1.01. The average Bonchev–Trinajstić information content (AvgIpc) is 2.05. The van der Waals surface area contributed by atoms with Gasteiger partial charge in [0.1, 0.15) is 11.8 Å². The fourth-order valence-electron chi connectivity index (χ4n) is 0.570. The van der Waals surface area contributed by atoms with Crippen LogP contribution in [0.3, 0.4) is 0 Å². The van der Waals surface area contributed by atoms with Gasteiger partial charge in [-0.15, -0.1) is 4.55 Å². The van der Waals surface area contributed by atoms with E-state index in [2.05, 4.69) is 4.98 Å². The van der Waals surface area contributed by atoms with Crippen molar-refractivity contribution in [1.82, 2.24) is 4.98 Å². The van der Waals surface area contributed by atoms with Crippen LogP contribution in [0.15, 0.2) is 23.2 Å². The average molecular weight is 167 g/mol. The fourth-order valence-corrected chi connectivity index (χ4v) is 0.932. The Bertz CT molecular complexity index is 332. The van der Waals surface area contributed by atoms with E-state index in [0.717, 1.165) is 0 Å². The van der Waals surface area contributed by atoms with Crippen molar-refractivity contribution in [3.05, 3.63) is 23.9 Å². The summed E-state index contributed by atoms with van der Waals surface area (Å²) in [6.45, 7) is 0. The molecule has 0 saturated heterocycles. The zero-order valence-electron chi connectivity index (χ0n) is 5.35. The van der Waals surface area contributed by atoms with Gasteiger partial charge in [-0.1, -0.05) is 6.07 Å². The molecule has 0 aliphatic carbocycles. The molecule has 0 spiro atoms. The van der Waals surface area contributed by atoms with Crippen LogP contribution in [0.25, 0.3) is 0 Å². The molecular weight excluding hydrogens is 164 g/mol. The van der Waals surface area contributed by atoms with E-state index < -0.39 is 11.1 Å². The molecule has 1 atom stereocenters. The van der Waals surface area contributed by atoms with Crippen molar-refractivity contribution in [2.45, 2.75) is 5.03 Å². The van der Waals surface area contributed by atoms with E-state index in [1.807, 2.05) is 0 Å². The van der Waals surface area contributed by atoms with E-state index in [1.165, 1.54) is 18.2 Å². The summed E-state index contributed by atoms with van der Waals surface area (Å²) in [5, 5.41) is 8.22. The maximum absolute atomic E-state index is 10.3. The SMILES string of the molecule is N#Cc1cccc(S([O])=O)n1. The minimum Gasteiger partial charge on any atom is -0.226 e. The van der Waals surface area contributed by atoms with Crippen molar-refractivity contribution in [3.63, 3.8) is 0 Å². The molecule has 5 heteroatoms. The van der Waals surface area contributed by atoms with Gasteiger partial charge in [-0.3, -0.25) is 0 Å². The number of nitriles is 1. The first-order valence-corrected chi connectivity index (χ1v) is 3.78. The van der Waals surface area contributed by atoms with Crippen LogP contribution >= 0.6 is 0 Å². The zero-order chi connectivity index (χ0) is 8.27. The number of rotatable bonds is 1. The first-order chi connectivity index (χ1) is 5.24. The van der Waals surface area contributed by atoms with E-state index in [-0.39, 0.29) is 10.7 Å². The van der Waals surface area contributed by atoms with E-state index in [4.69, 9.17) is 5.26 Å². The molecule has 1 heterocycles.